The lowest BCUT2D eigenvalue weighted by atomic mass is 10.2. The lowest BCUT2D eigenvalue weighted by Crippen LogP contribution is -2.11. The van der Waals surface area contributed by atoms with E-state index in [1.54, 1.807) is 18.5 Å². The van der Waals surface area contributed by atoms with Crippen LogP contribution in [0, 0.1) is 19.7 Å². The molecule has 0 amide bonds. The van der Waals surface area contributed by atoms with E-state index < -0.39 is 12.1 Å². The zero-order valence-electron chi connectivity index (χ0n) is 16.7. The van der Waals surface area contributed by atoms with Crippen LogP contribution < -0.4 is 0 Å². The first kappa shape index (κ1) is 19.5. The molecule has 152 valence electrons. The van der Waals surface area contributed by atoms with Crippen LogP contribution >= 0.6 is 0 Å². The lowest BCUT2D eigenvalue weighted by Gasteiger charge is -2.10. The van der Waals surface area contributed by atoms with Crippen LogP contribution in [0.4, 0.5) is 4.39 Å². The monoisotopic (exact) mass is 406 g/mol. The maximum atomic E-state index is 13.1. The second kappa shape index (κ2) is 7.90. The highest BCUT2D eigenvalue weighted by Gasteiger charge is 2.25. The minimum absolute atomic E-state index is 0.147. The maximum absolute atomic E-state index is 13.1. The third kappa shape index (κ3) is 3.71. The summed E-state index contributed by atoms with van der Waals surface area (Å²) in [6.45, 7) is 5.22. The van der Waals surface area contributed by atoms with E-state index in [4.69, 9.17) is 9.15 Å². The number of hydrogen-bond donors (Lipinski definition) is 0. The molecule has 0 aliphatic heterocycles. The molecule has 4 rings (SSSR count). The Morgan fingerprint density at radius 1 is 1.07 bits per heavy atom. The first-order valence-corrected chi connectivity index (χ1v) is 9.36. The summed E-state index contributed by atoms with van der Waals surface area (Å²) in [5, 5.41) is 12.4. The molecule has 0 aliphatic carbocycles. The average Bonchev–Trinajstić information content (AvgIpc) is 3.34. The molecular formula is C22H19FN4O3. The van der Waals surface area contributed by atoms with Crippen molar-refractivity contribution in [3.63, 3.8) is 0 Å². The fraction of sp³-hybridized carbons (Fsp3) is 0.182. The van der Waals surface area contributed by atoms with Crippen LogP contribution in [0.15, 0.2) is 59.0 Å². The number of esters is 1. The van der Waals surface area contributed by atoms with E-state index in [0.29, 0.717) is 22.5 Å². The van der Waals surface area contributed by atoms with Gasteiger partial charge in [0.05, 0.1) is 17.1 Å². The van der Waals surface area contributed by atoms with Gasteiger partial charge in [-0.3, -0.25) is 0 Å². The van der Waals surface area contributed by atoms with E-state index in [0.717, 1.165) is 5.69 Å². The van der Waals surface area contributed by atoms with Gasteiger partial charge in [-0.25, -0.2) is 13.9 Å². The van der Waals surface area contributed by atoms with Gasteiger partial charge in [-0.1, -0.05) is 18.2 Å². The van der Waals surface area contributed by atoms with E-state index in [9.17, 15) is 9.18 Å². The lowest BCUT2D eigenvalue weighted by molar-refractivity contribution is 0.0278. The zero-order chi connectivity index (χ0) is 21.3. The van der Waals surface area contributed by atoms with Crippen molar-refractivity contribution < 1.29 is 18.3 Å². The van der Waals surface area contributed by atoms with Crippen LogP contribution in [0.3, 0.4) is 0 Å². The Labute approximate surface area is 172 Å². The molecule has 8 heteroatoms. The largest absolute Gasteiger partial charge is 0.449 e. The van der Waals surface area contributed by atoms with Gasteiger partial charge in [0.2, 0.25) is 5.89 Å². The molecule has 0 fully saturated rings. The Hall–Kier alpha value is -3.81. The Morgan fingerprint density at radius 2 is 1.77 bits per heavy atom. The summed E-state index contributed by atoms with van der Waals surface area (Å²) in [5.41, 5.74) is 3.05. The molecule has 7 nitrogen and oxygen atoms in total. The van der Waals surface area contributed by atoms with Gasteiger partial charge in [0.15, 0.2) is 6.10 Å². The van der Waals surface area contributed by atoms with Gasteiger partial charge in [-0.2, -0.15) is 5.10 Å². The summed E-state index contributed by atoms with van der Waals surface area (Å²) in [6, 6.07) is 15.2. The number of ether oxygens (including phenoxy) is 1. The predicted octanol–water partition coefficient (Wildman–Crippen LogP) is 4.60. The summed E-state index contributed by atoms with van der Waals surface area (Å²) in [4.78, 5) is 12.8. The van der Waals surface area contributed by atoms with E-state index >= 15 is 0 Å². The number of aromatic nitrogens is 4. The van der Waals surface area contributed by atoms with Crippen LogP contribution in [-0.4, -0.2) is 25.9 Å². The van der Waals surface area contributed by atoms with Gasteiger partial charge in [0, 0.05) is 5.56 Å². The molecule has 0 saturated carbocycles. The van der Waals surface area contributed by atoms with Crippen LogP contribution in [0.25, 0.3) is 17.1 Å². The van der Waals surface area contributed by atoms with E-state index in [-0.39, 0.29) is 17.6 Å². The highest BCUT2D eigenvalue weighted by atomic mass is 19.1. The molecule has 0 radical (unpaired) electrons. The highest BCUT2D eigenvalue weighted by Crippen LogP contribution is 2.25. The van der Waals surface area contributed by atoms with E-state index in [1.165, 1.54) is 24.3 Å². The first-order chi connectivity index (χ1) is 14.4. The second-order valence-electron chi connectivity index (χ2n) is 6.79. The Kier molecular flexibility index (Phi) is 5.14. The van der Waals surface area contributed by atoms with Gasteiger partial charge < -0.3 is 9.15 Å². The molecule has 0 N–H and O–H groups in total. The van der Waals surface area contributed by atoms with Gasteiger partial charge in [0.25, 0.3) is 5.89 Å². The van der Waals surface area contributed by atoms with Crippen LogP contribution in [0.5, 0.6) is 0 Å². The van der Waals surface area contributed by atoms with Crippen molar-refractivity contribution in [2.24, 2.45) is 0 Å². The number of halogens is 1. The number of rotatable bonds is 5. The smallest absolute Gasteiger partial charge is 0.342 e. The molecule has 0 unspecified atom stereocenters. The van der Waals surface area contributed by atoms with Crippen LogP contribution in [-0.2, 0) is 4.74 Å². The van der Waals surface area contributed by atoms with E-state index in [2.05, 4.69) is 15.3 Å². The average molecular weight is 406 g/mol. The first-order valence-electron chi connectivity index (χ1n) is 9.36. The minimum atomic E-state index is -0.766. The molecule has 30 heavy (non-hydrogen) atoms. The molecule has 0 bridgehead atoms. The summed E-state index contributed by atoms with van der Waals surface area (Å²) in [5.74, 6) is -0.519. The molecule has 2 heterocycles. The quantitative estimate of drug-likeness (QED) is 0.451. The van der Waals surface area contributed by atoms with Crippen molar-refractivity contribution >= 4 is 5.97 Å². The van der Waals surface area contributed by atoms with Crippen molar-refractivity contribution in [1.82, 2.24) is 20.0 Å². The Bertz CT molecular complexity index is 1180. The van der Waals surface area contributed by atoms with Crippen molar-refractivity contribution in [1.29, 1.82) is 0 Å². The summed E-state index contributed by atoms with van der Waals surface area (Å²) < 4.78 is 25.9. The molecular weight excluding hydrogens is 387 g/mol. The molecule has 0 aliphatic rings. The topological polar surface area (TPSA) is 83.0 Å². The summed E-state index contributed by atoms with van der Waals surface area (Å²) in [7, 11) is 0. The molecule has 2 aromatic heterocycles. The molecule has 2 aromatic carbocycles. The zero-order valence-corrected chi connectivity index (χ0v) is 16.7. The van der Waals surface area contributed by atoms with Crippen LogP contribution in [0.2, 0.25) is 0 Å². The fourth-order valence-electron chi connectivity index (χ4n) is 3.14. The molecule has 0 spiro atoms. The Balaban J connectivity index is 1.53. The molecule has 4 aromatic rings. The van der Waals surface area contributed by atoms with Gasteiger partial charge in [-0.05, 0) is 57.2 Å². The highest BCUT2D eigenvalue weighted by molar-refractivity contribution is 5.92. The van der Waals surface area contributed by atoms with E-state index in [1.807, 2.05) is 37.3 Å². The SMILES string of the molecule is Cc1nn(-c2ccccc2)c(C)c1C(=O)O[C@H](C)c1nnc(-c2ccc(F)cc2)o1. The van der Waals surface area contributed by atoms with Crippen molar-refractivity contribution in [3.05, 3.63) is 83.3 Å². The molecule has 0 saturated heterocycles. The number of para-hydroxylation sites is 1. The minimum Gasteiger partial charge on any atom is -0.449 e. The van der Waals surface area contributed by atoms with Crippen LogP contribution in [0.1, 0.15) is 40.7 Å². The number of nitrogens with zero attached hydrogens (tertiary/aromatic N) is 4. The number of carbonyl (C=O) groups excluding carboxylic acids is 1. The summed E-state index contributed by atoms with van der Waals surface area (Å²) in [6.07, 6.45) is -0.766. The normalized spacial score (nSPS) is 12.0. The standard InChI is InChI=1S/C22H19FN4O3/c1-13-19(14(2)27(26-13)18-7-5-4-6-8-18)22(28)29-15(3)20-24-25-21(30-20)16-9-11-17(23)12-10-16/h4-12,15H,1-3H3/t15-/m1/s1. The number of carbonyl (C=O) groups is 1. The Morgan fingerprint density at radius 3 is 2.47 bits per heavy atom. The third-order valence-electron chi connectivity index (χ3n) is 4.66. The predicted molar refractivity (Wildman–Crippen MR) is 107 cm³/mol. The van der Waals surface area contributed by atoms with Crippen molar-refractivity contribution in [2.45, 2.75) is 26.9 Å². The third-order valence-corrected chi connectivity index (χ3v) is 4.66. The van der Waals surface area contributed by atoms with Gasteiger partial charge >= 0.3 is 5.97 Å². The molecule has 1 atom stereocenters. The van der Waals surface area contributed by atoms with Crippen molar-refractivity contribution in [2.75, 3.05) is 0 Å². The number of benzene rings is 2. The van der Waals surface area contributed by atoms with Crippen molar-refractivity contribution in [3.8, 4) is 17.1 Å². The van der Waals surface area contributed by atoms with Gasteiger partial charge in [-0.15, -0.1) is 10.2 Å². The number of hydrogen-bond acceptors (Lipinski definition) is 6. The summed E-state index contributed by atoms with van der Waals surface area (Å²) >= 11 is 0. The maximum Gasteiger partial charge on any atom is 0.342 e. The second-order valence-corrected chi connectivity index (χ2v) is 6.79. The number of aryl methyl sites for hydroxylation is 1. The van der Waals surface area contributed by atoms with Gasteiger partial charge in [0.1, 0.15) is 11.4 Å². The fourth-order valence-corrected chi connectivity index (χ4v) is 3.14.